The Hall–Kier alpha value is -3.49. The molecule has 5 rings (SSSR count). The molecule has 1 spiro atoms. The maximum atomic E-state index is 13.9. The van der Waals surface area contributed by atoms with Crippen molar-refractivity contribution in [2.24, 2.45) is 5.10 Å². The van der Waals surface area contributed by atoms with Crippen LogP contribution < -0.4 is 14.6 Å². The maximum Gasteiger partial charge on any atom is 0.268 e. The van der Waals surface area contributed by atoms with Gasteiger partial charge in [0.25, 0.3) is 5.91 Å². The lowest BCUT2D eigenvalue weighted by Gasteiger charge is -2.38. The highest BCUT2D eigenvalue weighted by Gasteiger charge is 2.59. The molecule has 0 unspecified atom stereocenters. The number of amides is 1. The van der Waals surface area contributed by atoms with E-state index in [1.807, 2.05) is 91.0 Å². The molecule has 1 atom stereocenters. The lowest BCUT2D eigenvalue weighted by atomic mass is 10.2. The Morgan fingerprint density at radius 2 is 1.53 bits per heavy atom. The molecule has 3 aromatic carbocycles. The van der Waals surface area contributed by atoms with Gasteiger partial charge in [0.05, 0.1) is 17.7 Å². The van der Waals surface area contributed by atoms with Crippen LogP contribution in [0.25, 0.3) is 6.08 Å². The number of nitrogens with zero attached hydrogens (tertiary/aromatic N) is 3. The first-order valence-corrected chi connectivity index (χ1v) is 12.2. The zero-order chi connectivity index (χ0) is 23.7. The normalized spacial score (nSPS) is 20.8. The number of para-hydroxylation sites is 2. The van der Waals surface area contributed by atoms with E-state index in [0.29, 0.717) is 9.95 Å². The Morgan fingerprint density at radius 3 is 2.12 bits per heavy atom. The van der Waals surface area contributed by atoms with Crippen LogP contribution in [0.15, 0.2) is 94.9 Å². The second-order valence-corrected chi connectivity index (χ2v) is 10.3. The van der Waals surface area contributed by atoms with Crippen LogP contribution in [-0.4, -0.2) is 28.2 Å². The summed E-state index contributed by atoms with van der Waals surface area (Å²) in [6.07, 6.45) is 1.87. The third kappa shape index (κ3) is 3.89. The fourth-order valence-electron chi connectivity index (χ4n) is 3.75. The van der Waals surface area contributed by atoms with Gasteiger partial charge in [-0.1, -0.05) is 60.3 Å². The molecule has 34 heavy (non-hydrogen) atoms. The van der Waals surface area contributed by atoms with Gasteiger partial charge in [0, 0.05) is 12.6 Å². The van der Waals surface area contributed by atoms with Gasteiger partial charge in [0.2, 0.25) is 4.33 Å². The zero-order valence-corrected chi connectivity index (χ0v) is 20.2. The van der Waals surface area contributed by atoms with Crippen molar-refractivity contribution in [1.29, 1.82) is 0 Å². The monoisotopic (exact) mass is 487 g/mol. The third-order valence-corrected chi connectivity index (χ3v) is 8.18. The van der Waals surface area contributed by atoms with Gasteiger partial charge in [-0.25, -0.2) is 5.01 Å². The summed E-state index contributed by atoms with van der Waals surface area (Å²) in [6, 6.07) is 26.6. The Kier molecular flexibility index (Phi) is 5.93. The molecule has 0 bridgehead atoms. The predicted molar refractivity (Wildman–Crippen MR) is 140 cm³/mol. The molecule has 0 N–H and O–H groups in total. The second-order valence-electron chi connectivity index (χ2n) is 7.62. The molecule has 2 heterocycles. The van der Waals surface area contributed by atoms with Crippen LogP contribution >= 0.6 is 23.5 Å². The van der Waals surface area contributed by atoms with Gasteiger partial charge in [-0.15, -0.1) is 0 Å². The fraction of sp³-hybridized carbons (Fsp3) is 0.115. The topological polar surface area (TPSA) is 62.2 Å². The van der Waals surface area contributed by atoms with Crippen molar-refractivity contribution >= 4 is 57.7 Å². The van der Waals surface area contributed by atoms with Crippen molar-refractivity contribution in [2.45, 2.75) is 11.3 Å². The molecule has 6 nitrogen and oxygen atoms in total. The highest BCUT2D eigenvalue weighted by molar-refractivity contribution is 8.29. The molecular formula is C26H21N3O3S2. The number of ketones is 1. The molecule has 8 heteroatoms. The smallest absolute Gasteiger partial charge is 0.268 e. The van der Waals surface area contributed by atoms with Gasteiger partial charge in [0.1, 0.15) is 5.75 Å². The highest BCUT2D eigenvalue weighted by Crippen LogP contribution is 2.59. The first kappa shape index (κ1) is 22.3. The number of rotatable bonds is 5. The van der Waals surface area contributed by atoms with Crippen molar-refractivity contribution in [2.75, 3.05) is 17.0 Å². The lowest BCUT2D eigenvalue weighted by molar-refractivity contribution is -0.114. The van der Waals surface area contributed by atoms with E-state index in [9.17, 15) is 9.59 Å². The van der Waals surface area contributed by atoms with Gasteiger partial charge in [-0.3, -0.25) is 14.5 Å². The van der Waals surface area contributed by atoms with E-state index < -0.39 is 4.33 Å². The van der Waals surface area contributed by atoms with Crippen molar-refractivity contribution in [3.63, 3.8) is 0 Å². The highest BCUT2D eigenvalue weighted by atomic mass is 32.2. The minimum absolute atomic E-state index is 0.142. The number of benzene rings is 3. The molecule has 170 valence electrons. The summed E-state index contributed by atoms with van der Waals surface area (Å²) in [6.45, 7) is 1.50. The summed E-state index contributed by atoms with van der Waals surface area (Å²) in [5, 5.41) is 6.81. The van der Waals surface area contributed by atoms with E-state index in [2.05, 4.69) is 5.10 Å². The van der Waals surface area contributed by atoms with Crippen LogP contribution in [0.1, 0.15) is 12.5 Å². The predicted octanol–water partition coefficient (Wildman–Crippen LogP) is 5.58. The Labute approximate surface area is 206 Å². The van der Waals surface area contributed by atoms with Gasteiger partial charge < -0.3 is 4.74 Å². The number of hydrogen-bond donors (Lipinski definition) is 0. The van der Waals surface area contributed by atoms with E-state index in [4.69, 9.17) is 4.74 Å². The quantitative estimate of drug-likeness (QED) is 0.438. The van der Waals surface area contributed by atoms with Crippen LogP contribution in [0.3, 0.4) is 0 Å². The van der Waals surface area contributed by atoms with Crippen LogP contribution in [-0.2, 0) is 9.59 Å². The number of hydrazone groups is 1. The molecule has 3 aromatic rings. The number of methoxy groups -OCH3 is 1. The number of hydrogen-bond acceptors (Lipinski definition) is 7. The van der Waals surface area contributed by atoms with Crippen molar-refractivity contribution < 1.29 is 14.3 Å². The Balaban J connectivity index is 1.65. The molecule has 2 aliphatic heterocycles. The number of thioether (sulfide) groups is 2. The lowest BCUT2D eigenvalue weighted by Crippen LogP contribution is -2.51. The van der Waals surface area contributed by atoms with Crippen LogP contribution in [0, 0.1) is 0 Å². The fourth-order valence-corrected chi connectivity index (χ4v) is 6.63. The van der Waals surface area contributed by atoms with E-state index in [0.717, 1.165) is 22.7 Å². The summed E-state index contributed by atoms with van der Waals surface area (Å²) in [5.74, 6) is 0.452. The first-order chi connectivity index (χ1) is 16.5. The van der Waals surface area contributed by atoms with E-state index in [1.165, 1.54) is 30.4 Å². The largest absolute Gasteiger partial charge is 0.497 e. The average molecular weight is 488 g/mol. The van der Waals surface area contributed by atoms with Crippen molar-refractivity contribution in [3.8, 4) is 5.75 Å². The Morgan fingerprint density at radius 1 is 0.912 bits per heavy atom. The van der Waals surface area contributed by atoms with E-state index >= 15 is 0 Å². The minimum Gasteiger partial charge on any atom is -0.497 e. The van der Waals surface area contributed by atoms with Crippen LogP contribution in [0.4, 0.5) is 11.4 Å². The molecule has 1 fully saturated rings. The van der Waals surface area contributed by atoms with Crippen molar-refractivity contribution in [3.05, 3.63) is 95.4 Å². The molecule has 0 saturated carbocycles. The number of carbonyl (C=O) groups is 2. The number of anilines is 2. The molecule has 0 aliphatic carbocycles. The summed E-state index contributed by atoms with van der Waals surface area (Å²) >= 11 is 2.68. The maximum absolute atomic E-state index is 13.9. The molecule has 1 saturated heterocycles. The number of ether oxygens (including phenoxy) is 1. The summed E-state index contributed by atoms with van der Waals surface area (Å²) < 4.78 is 4.24. The SMILES string of the molecule is COc1ccc(/C=C2\S[C@@]3(SC(C(C)=O)=NN3c3ccccc3)N(c3ccccc3)C2=O)cc1. The van der Waals surface area contributed by atoms with Crippen molar-refractivity contribution in [1.82, 2.24) is 0 Å². The average Bonchev–Trinajstić information content (AvgIpc) is 3.38. The summed E-state index contributed by atoms with van der Waals surface area (Å²) in [7, 11) is 1.62. The number of Topliss-reactive ketones (excluding diaryl/α,β-unsaturated/α-hetero) is 1. The van der Waals surface area contributed by atoms with Gasteiger partial charge in [0.15, 0.2) is 10.8 Å². The molecule has 0 radical (unpaired) electrons. The molecule has 1 amide bonds. The number of carbonyl (C=O) groups excluding carboxylic acids is 2. The zero-order valence-electron chi connectivity index (χ0n) is 18.5. The Bertz CT molecular complexity index is 1290. The molecule has 0 aromatic heterocycles. The summed E-state index contributed by atoms with van der Waals surface area (Å²) in [5.41, 5.74) is 2.40. The summed E-state index contributed by atoms with van der Waals surface area (Å²) in [4.78, 5) is 28.6. The first-order valence-electron chi connectivity index (χ1n) is 10.6. The molecular weight excluding hydrogens is 466 g/mol. The molecule has 2 aliphatic rings. The third-order valence-electron chi connectivity index (χ3n) is 5.36. The second kappa shape index (κ2) is 9.04. The standard InChI is InChI=1S/C26H21N3O3S2/c1-18(30)24-27-29(21-11-7-4-8-12-21)26(34-24)28(20-9-5-3-6-10-20)25(31)23(33-26)17-19-13-15-22(32-2)16-14-19/h3-17H,1-2H3/b23-17-/t26-/m1/s1. The van der Waals surface area contributed by atoms with Crippen LogP contribution in [0.5, 0.6) is 5.75 Å². The van der Waals surface area contributed by atoms with E-state index in [-0.39, 0.29) is 11.7 Å². The van der Waals surface area contributed by atoms with Gasteiger partial charge in [-0.2, -0.15) is 5.10 Å². The van der Waals surface area contributed by atoms with Gasteiger partial charge >= 0.3 is 0 Å². The van der Waals surface area contributed by atoms with Gasteiger partial charge in [-0.05, 0) is 59.8 Å². The van der Waals surface area contributed by atoms with E-state index in [1.54, 1.807) is 17.0 Å². The minimum atomic E-state index is -1.01. The van der Waals surface area contributed by atoms with Crippen LogP contribution in [0.2, 0.25) is 0 Å².